The highest BCUT2D eigenvalue weighted by Crippen LogP contribution is 2.41. The van der Waals surface area contributed by atoms with Gasteiger partial charge in [0, 0.05) is 34.6 Å². The van der Waals surface area contributed by atoms with E-state index < -0.39 is 0 Å². The van der Waals surface area contributed by atoms with Crippen LogP contribution in [0, 0.1) is 0 Å². The Labute approximate surface area is 183 Å². The Morgan fingerprint density at radius 1 is 1.15 bits per heavy atom. The number of halogens is 1. The molecule has 3 aliphatic heterocycles. The van der Waals surface area contributed by atoms with Crippen LogP contribution in [0.1, 0.15) is 4.88 Å². The van der Waals surface area contributed by atoms with Crippen LogP contribution in [-0.2, 0) is 9.47 Å². The van der Waals surface area contributed by atoms with E-state index in [4.69, 9.17) is 9.47 Å². The van der Waals surface area contributed by atoms with E-state index in [1.807, 2.05) is 29.3 Å². The number of ether oxygens (including phenoxy) is 2. The van der Waals surface area contributed by atoms with Crippen LogP contribution in [0.4, 0.5) is 5.00 Å². The molecule has 2 fully saturated rings. The first-order valence-corrected chi connectivity index (χ1v) is 11.3. The van der Waals surface area contributed by atoms with E-state index in [-0.39, 0.29) is 24.0 Å². The smallest absolute Gasteiger partial charge is 0.359 e. The molecular weight excluding hydrogens is 501 g/mol. The van der Waals surface area contributed by atoms with E-state index in [0.29, 0.717) is 0 Å². The monoisotopic (exact) mass is 523 g/mol. The molecule has 26 heavy (non-hydrogen) atoms. The van der Waals surface area contributed by atoms with Crippen molar-refractivity contribution < 1.29 is 38.0 Å². The van der Waals surface area contributed by atoms with Crippen LogP contribution in [0.3, 0.4) is 0 Å². The molecule has 0 atom stereocenters. The Hall–Kier alpha value is -0.0700. The first kappa shape index (κ1) is 20.7. The first-order chi connectivity index (χ1) is 12.3. The van der Waals surface area contributed by atoms with Gasteiger partial charge >= 0.3 is 5.17 Å². The molecule has 0 saturated carbocycles. The van der Waals surface area contributed by atoms with Gasteiger partial charge in [-0.1, -0.05) is 0 Å². The highest BCUT2D eigenvalue weighted by molar-refractivity contribution is 8.19. The second-order valence-corrected chi connectivity index (χ2v) is 8.76. The SMILES string of the molecule is CSC(=C1C=NC(=[N+]2CCOCC2)S1)c1ccc(N2CCOCC2)s1.[I-]. The molecule has 0 radical (unpaired) electrons. The summed E-state index contributed by atoms with van der Waals surface area (Å²) in [5.74, 6) is 0. The van der Waals surface area contributed by atoms with Crippen LogP contribution in [0.2, 0.25) is 0 Å². The van der Waals surface area contributed by atoms with Crippen molar-refractivity contribution in [3.63, 3.8) is 0 Å². The molecule has 0 aromatic carbocycles. The molecule has 5 nitrogen and oxygen atoms in total. The Bertz CT molecular complexity index is 719. The van der Waals surface area contributed by atoms with Crippen LogP contribution in [-0.4, -0.2) is 74.8 Å². The summed E-state index contributed by atoms with van der Waals surface area (Å²) in [4.78, 5) is 11.0. The molecule has 0 spiro atoms. The minimum absolute atomic E-state index is 0. The minimum atomic E-state index is 0. The lowest BCUT2D eigenvalue weighted by Crippen LogP contribution is -3.00. The van der Waals surface area contributed by atoms with E-state index in [9.17, 15) is 0 Å². The highest BCUT2D eigenvalue weighted by atomic mass is 127. The quantitative estimate of drug-likeness (QED) is 0.407. The summed E-state index contributed by atoms with van der Waals surface area (Å²) in [6.45, 7) is 7.06. The van der Waals surface area contributed by atoms with E-state index in [0.717, 1.165) is 57.8 Å². The Kier molecular flexibility index (Phi) is 7.88. The van der Waals surface area contributed by atoms with Crippen LogP contribution >= 0.6 is 34.9 Å². The van der Waals surface area contributed by atoms with Crippen molar-refractivity contribution in [1.29, 1.82) is 0 Å². The molecular formula is C17H22IN3O2S3. The fourth-order valence-electron chi connectivity index (χ4n) is 3.00. The Morgan fingerprint density at radius 2 is 1.88 bits per heavy atom. The summed E-state index contributed by atoms with van der Waals surface area (Å²) in [5.41, 5.74) is 0. The number of rotatable bonds is 3. The third kappa shape index (κ3) is 4.67. The van der Waals surface area contributed by atoms with Gasteiger partial charge in [-0.3, -0.25) is 0 Å². The average molecular weight is 523 g/mol. The van der Waals surface area contributed by atoms with Gasteiger partial charge < -0.3 is 38.4 Å². The lowest BCUT2D eigenvalue weighted by atomic mass is 10.4. The largest absolute Gasteiger partial charge is 1.00 e. The van der Waals surface area contributed by atoms with E-state index in [1.165, 1.54) is 19.7 Å². The lowest BCUT2D eigenvalue weighted by molar-refractivity contribution is -0.547. The van der Waals surface area contributed by atoms with Crippen LogP contribution in [0.15, 0.2) is 22.0 Å². The van der Waals surface area contributed by atoms with Gasteiger partial charge in [0.05, 0.1) is 36.3 Å². The van der Waals surface area contributed by atoms with Crippen molar-refractivity contribution in [3.05, 3.63) is 21.9 Å². The van der Waals surface area contributed by atoms with Gasteiger partial charge in [-0.15, -0.1) is 23.1 Å². The average Bonchev–Trinajstić information content (AvgIpc) is 3.35. The number of nitrogens with zero attached hydrogens (tertiary/aromatic N) is 3. The number of thiophene rings is 1. The number of hydrogen-bond acceptors (Lipinski definition) is 6. The van der Waals surface area contributed by atoms with Gasteiger partial charge in [0.2, 0.25) is 0 Å². The van der Waals surface area contributed by atoms with E-state index in [2.05, 4.69) is 32.9 Å². The predicted molar refractivity (Wildman–Crippen MR) is 110 cm³/mol. The summed E-state index contributed by atoms with van der Waals surface area (Å²) < 4.78 is 13.2. The summed E-state index contributed by atoms with van der Waals surface area (Å²) in [7, 11) is 0. The second-order valence-electron chi connectivity index (χ2n) is 5.88. The van der Waals surface area contributed by atoms with Gasteiger partial charge in [-0.05, 0) is 23.4 Å². The molecule has 0 unspecified atom stereocenters. The second kappa shape index (κ2) is 9.92. The highest BCUT2D eigenvalue weighted by Gasteiger charge is 2.27. The maximum Gasteiger partial charge on any atom is 0.359 e. The molecule has 4 heterocycles. The summed E-state index contributed by atoms with van der Waals surface area (Å²) in [5, 5.41) is 2.44. The topological polar surface area (TPSA) is 37.1 Å². The number of morpholine rings is 2. The maximum atomic E-state index is 5.46. The Balaban J connectivity index is 0.00000196. The lowest BCUT2D eigenvalue weighted by Gasteiger charge is -2.27. The maximum absolute atomic E-state index is 5.46. The van der Waals surface area contributed by atoms with Gasteiger partial charge in [0.1, 0.15) is 13.1 Å². The number of aliphatic imine (C=N–C) groups is 1. The van der Waals surface area contributed by atoms with Gasteiger partial charge in [0.25, 0.3) is 0 Å². The normalized spacial score (nSPS) is 22.6. The minimum Gasteiger partial charge on any atom is -1.00 e. The fraction of sp³-hybridized carbons (Fsp3) is 0.529. The van der Waals surface area contributed by atoms with Crippen LogP contribution in [0.5, 0.6) is 0 Å². The van der Waals surface area contributed by atoms with E-state index in [1.54, 1.807) is 11.8 Å². The fourth-order valence-corrected chi connectivity index (χ4v) is 6.27. The van der Waals surface area contributed by atoms with Gasteiger partial charge in [0.15, 0.2) is 6.21 Å². The number of thioether (sulfide) groups is 2. The molecule has 0 amide bonds. The van der Waals surface area contributed by atoms with Gasteiger partial charge in [-0.2, -0.15) is 0 Å². The number of amidine groups is 1. The number of allylic oxidation sites excluding steroid dienone is 1. The zero-order valence-corrected chi connectivity index (χ0v) is 19.3. The van der Waals surface area contributed by atoms with Crippen LogP contribution < -0.4 is 28.9 Å². The first-order valence-electron chi connectivity index (χ1n) is 8.48. The van der Waals surface area contributed by atoms with Crippen molar-refractivity contribution in [2.24, 2.45) is 4.99 Å². The molecule has 3 aliphatic rings. The predicted octanol–water partition coefficient (Wildman–Crippen LogP) is -0.163. The summed E-state index contributed by atoms with van der Waals surface area (Å²) in [6, 6.07) is 4.49. The molecule has 9 heteroatoms. The molecule has 1 aromatic rings. The standard InChI is InChI=1S/C17H22N3O2S3.HI/c1-23-16(13-2-3-15(24-13)19-4-8-21-9-5-19)14-12-18-17(25-14)20-6-10-22-11-7-20;/h2-3,12H,4-11H2,1H3;1H/q+1;/p-1. The molecule has 1 aromatic heterocycles. The summed E-state index contributed by atoms with van der Waals surface area (Å²) in [6.07, 6.45) is 4.17. The Morgan fingerprint density at radius 3 is 2.62 bits per heavy atom. The third-order valence-electron chi connectivity index (χ3n) is 4.34. The zero-order chi connectivity index (χ0) is 17.1. The zero-order valence-electron chi connectivity index (χ0n) is 14.6. The molecule has 4 rings (SSSR count). The number of anilines is 1. The van der Waals surface area contributed by atoms with Crippen molar-refractivity contribution in [2.45, 2.75) is 0 Å². The van der Waals surface area contributed by atoms with E-state index >= 15 is 0 Å². The van der Waals surface area contributed by atoms with Crippen molar-refractivity contribution in [2.75, 3.05) is 63.8 Å². The van der Waals surface area contributed by atoms with Crippen molar-refractivity contribution in [1.82, 2.24) is 0 Å². The third-order valence-corrected chi connectivity index (χ3v) is 7.69. The molecule has 0 bridgehead atoms. The molecule has 142 valence electrons. The molecule has 0 aliphatic carbocycles. The van der Waals surface area contributed by atoms with Gasteiger partial charge in [-0.25, -0.2) is 4.58 Å². The molecule has 2 saturated heterocycles. The van der Waals surface area contributed by atoms with Crippen molar-refractivity contribution >= 4 is 56.1 Å². The van der Waals surface area contributed by atoms with Crippen LogP contribution in [0.25, 0.3) is 4.91 Å². The number of hydrogen-bond donors (Lipinski definition) is 0. The summed E-state index contributed by atoms with van der Waals surface area (Å²) >= 11 is 5.46. The van der Waals surface area contributed by atoms with Crippen molar-refractivity contribution in [3.8, 4) is 0 Å². The molecule has 0 N–H and O–H groups in total.